The van der Waals surface area contributed by atoms with E-state index in [9.17, 15) is 4.79 Å². The van der Waals surface area contributed by atoms with Gasteiger partial charge in [0.15, 0.2) is 0 Å². The fourth-order valence-corrected chi connectivity index (χ4v) is 4.38. The maximum absolute atomic E-state index is 12.5. The Kier molecular flexibility index (Phi) is 4.86. The van der Waals surface area contributed by atoms with Gasteiger partial charge >= 0.3 is 0 Å². The molecule has 0 spiro atoms. The number of carbonyl (C=O) groups excluding carboxylic acids is 1. The van der Waals surface area contributed by atoms with Gasteiger partial charge in [-0.3, -0.25) is 4.79 Å². The number of fused-ring (bicyclic) bond motifs is 3. The summed E-state index contributed by atoms with van der Waals surface area (Å²) in [6.45, 7) is 0. The third-order valence-electron chi connectivity index (χ3n) is 5.77. The van der Waals surface area contributed by atoms with Gasteiger partial charge in [0.1, 0.15) is 5.82 Å². The first kappa shape index (κ1) is 16.4. The molecule has 2 aromatic rings. The van der Waals surface area contributed by atoms with Gasteiger partial charge < -0.3 is 9.88 Å². The van der Waals surface area contributed by atoms with Crippen LogP contribution in [0.3, 0.4) is 0 Å². The van der Waals surface area contributed by atoms with Gasteiger partial charge in [-0.05, 0) is 36.8 Å². The maximum Gasteiger partial charge on any atom is 0.220 e. The van der Waals surface area contributed by atoms with Crippen LogP contribution in [0.25, 0.3) is 5.69 Å². The molecule has 0 radical (unpaired) electrons. The minimum Gasteiger partial charge on any atom is -0.346 e. The van der Waals surface area contributed by atoms with Crippen LogP contribution in [0.4, 0.5) is 0 Å². The van der Waals surface area contributed by atoms with Gasteiger partial charge in [0, 0.05) is 24.5 Å². The van der Waals surface area contributed by atoms with Crippen LogP contribution in [0.15, 0.2) is 36.7 Å². The molecule has 1 atom stereocenters. The zero-order valence-corrected chi connectivity index (χ0v) is 14.8. The average molecular weight is 337 g/mol. The second kappa shape index (κ2) is 7.42. The van der Waals surface area contributed by atoms with Crippen molar-refractivity contribution in [1.82, 2.24) is 14.9 Å². The fourth-order valence-electron chi connectivity index (χ4n) is 4.38. The summed E-state index contributed by atoms with van der Waals surface area (Å²) in [5.41, 5.74) is 2.51. The molecule has 4 heteroatoms. The summed E-state index contributed by atoms with van der Waals surface area (Å²) in [6.07, 6.45) is 14.0. The minimum atomic E-state index is 0.00116. The van der Waals surface area contributed by atoms with E-state index in [-0.39, 0.29) is 11.9 Å². The van der Waals surface area contributed by atoms with E-state index >= 15 is 0 Å². The first-order valence-electron chi connectivity index (χ1n) is 9.72. The van der Waals surface area contributed by atoms with Gasteiger partial charge in [0.25, 0.3) is 0 Å². The van der Waals surface area contributed by atoms with E-state index in [1.54, 1.807) is 0 Å². The third kappa shape index (κ3) is 3.63. The molecule has 2 aliphatic rings. The average Bonchev–Trinajstić information content (AvgIpc) is 3.09. The van der Waals surface area contributed by atoms with Crippen LogP contribution in [0, 0.1) is 5.92 Å². The zero-order chi connectivity index (χ0) is 17.1. The van der Waals surface area contributed by atoms with E-state index in [0.29, 0.717) is 6.42 Å². The Hall–Kier alpha value is -2.10. The van der Waals surface area contributed by atoms with E-state index in [1.165, 1.54) is 43.4 Å². The third-order valence-corrected chi connectivity index (χ3v) is 5.77. The monoisotopic (exact) mass is 337 g/mol. The molecule has 1 N–H and O–H groups in total. The molecule has 1 fully saturated rings. The number of hydrogen-bond donors (Lipinski definition) is 1. The number of nitrogens with zero attached hydrogens (tertiary/aromatic N) is 2. The van der Waals surface area contributed by atoms with E-state index in [0.717, 1.165) is 31.0 Å². The standard InChI is InChI=1S/C21H27N3O/c25-20(13-10-16-6-2-1-3-7-16)23-18-12-11-17-8-4-5-9-19(17)24-15-14-22-21(18)24/h4-5,8-9,14-16,18H,1-3,6-7,10-13H2,(H,23,25). The Labute approximate surface area is 149 Å². The van der Waals surface area contributed by atoms with Crippen molar-refractivity contribution in [1.29, 1.82) is 0 Å². The Balaban J connectivity index is 1.42. The van der Waals surface area contributed by atoms with E-state index in [2.05, 4.69) is 39.1 Å². The SMILES string of the molecule is O=C(CCC1CCCCC1)NC1CCc2ccccc2-n2ccnc21. The molecule has 2 heterocycles. The predicted molar refractivity (Wildman–Crippen MR) is 98.6 cm³/mol. The number of rotatable bonds is 4. The number of carbonyl (C=O) groups is 1. The quantitative estimate of drug-likeness (QED) is 0.902. The lowest BCUT2D eigenvalue weighted by Crippen LogP contribution is -2.30. The normalized spacial score (nSPS) is 20.4. The molecule has 1 aromatic heterocycles. The van der Waals surface area contributed by atoms with Gasteiger partial charge in [-0.1, -0.05) is 50.3 Å². The number of nitrogens with one attached hydrogen (secondary N) is 1. The molecule has 0 bridgehead atoms. The molecule has 25 heavy (non-hydrogen) atoms. The lowest BCUT2D eigenvalue weighted by Gasteiger charge is -2.22. The van der Waals surface area contributed by atoms with Crippen molar-refractivity contribution < 1.29 is 4.79 Å². The minimum absolute atomic E-state index is 0.00116. The van der Waals surface area contributed by atoms with Crippen molar-refractivity contribution in [3.63, 3.8) is 0 Å². The first-order valence-corrected chi connectivity index (χ1v) is 9.72. The van der Waals surface area contributed by atoms with Gasteiger partial charge in [0.2, 0.25) is 5.91 Å². The van der Waals surface area contributed by atoms with Crippen molar-refractivity contribution in [2.75, 3.05) is 0 Å². The van der Waals surface area contributed by atoms with Crippen molar-refractivity contribution in [3.8, 4) is 5.69 Å². The molecule has 1 saturated carbocycles. The summed E-state index contributed by atoms with van der Waals surface area (Å²) < 4.78 is 2.13. The summed E-state index contributed by atoms with van der Waals surface area (Å²) in [7, 11) is 0. The van der Waals surface area contributed by atoms with Gasteiger partial charge in [0.05, 0.1) is 6.04 Å². The van der Waals surface area contributed by atoms with Crippen LogP contribution in [0.2, 0.25) is 0 Å². The zero-order valence-electron chi connectivity index (χ0n) is 14.8. The summed E-state index contributed by atoms with van der Waals surface area (Å²) in [4.78, 5) is 17.1. The number of aromatic nitrogens is 2. The molecule has 1 aliphatic carbocycles. The molecule has 1 unspecified atom stereocenters. The van der Waals surface area contributed by atoms with Crippen molar-refractivity contribution in [2.45, 2.75) is 63.8 Å². The fraction of sp³-hybridized carbons (Fsp3) is 0.524. The number of hydrogen-bond acceptors (Lipinski definition) is 2. The van der Waals surface area contributed by atoms with Gasteiger partial charge in [-0.15, -0.1) is 0 Å². The van der Waals surface area contributed by atoms with Crippen molar-refractivity contribution >= 4 is 5.91 Å². The van der Waals surface area contributed by atoms with Gasteiger partial charge in [-0.25, -0.2) is 4.98 Å². The highest BCUT2D eigenvalue weighted by Gasteiger charge is 2.25. The Morgan fingerprint density at radius 3 is 2.88 bits per heavy atom. The highest BCUT2D eigenvalue weighted by molar-refractivity contribution is 5.76. The second-order valence-electron chi connectivity index (χ2n) is 7.49. The molecule has 132 valence electrons. The first-order chi connectivity index (χ1) is 12.3. The van der Waals surface area contributed by atoms with Gasteiger partial charge in [-0.2, -0.15) is 0 Å². The lowest BCUT2D eigenvalue weighted by molar-refractivity contribution is -0.122. The second-order valence-corrected chi connectivity index (χ2v) is 7.49. The molecule has 1 amide bonds. The number of imidazole rings is 1. The highest BCUT2D eigenvalue weighted by atomic mass is 16.1. The van der Waals surface area contributed by atoms with Crippen LogP contribution < -0.4 is 5.32 Å². The molecule has 4 nitrogen and oxygen atoms in total. The summed E-state index contributed by atoms with van der Waals surface area (Å²) >= 11 is 0. The number of aryl methyl sites for hydroxylation is 1. The van der Waals surface area contributed by atoms with Crippen LogP contribution in [0.1, 0.15) is 68.8 Å². The van der Waals surface area contributed by atoms with Crippen molar-refractivity contribution in [3.05, 3.63) is 48.0 Å². The highest BCUT2D eigenvalue weighted by Crippen LogP contribution is 2.30. The van der Waals surface area contributed by atoms with E-state index < -0.39 is 0 Å². The summed E-state index contributed by atoms with van der Waals surface area (Å²) in [5, 5.41) is 3.25. The largest absolute Gasteiger partial charge is 0.346 e. The molecular formula is C21H27N3O. The Morgan fingerprint density at radius 2 is 2.00 bits per heavy atom. The number of para-hydroxylation sites is 1. The topological polar surface area (TPSA) is 46.9 Å². The summed E-state index contributed by atoms with van der Waals surface area (Å²) in [5.74, 6) is 1.88. The maximum atomic E-state index is 12.5. The lowest BCUT2D eigenvalue weighted by atomic mass is 9.86. The van der Waals surface area contributed by atoms with E-state index in [4.69, 9.17) is 0 Å². The smallest absolute Gasteiger partial charge is 0.220 e. The van der Waals surface area contributed by atoms with Crippen molar-refractivity contribution in [2.24, 2.45) is 5.92 Å². The van der Waals surface area contributed by atoms with Crippen LogP contribution in [-0.2, 0) is 11.2 Å². The molecule has 1 aliphatic heterocycles. The van der Waals surface area contributed by atoms with E-state index in [1.807, 2.05) is 12.4 Å². The molecular weight excluding hydrogens is 310 g/mol. The Morgan fingerprint density at radius 1 is 1.16 bits per heavy atom. The predicted octanol–water partition coefficient (Wildman–Crippen LogP) is 4.34. The number of benzene rings is 1. The molecule has 4 rings (SSSR count). The van der Waals surface area contributed by atoms with Crippen LogP contribution in [-0.4, -0.2) is 15.5 Å². The molecule has 1 aromatic carbocycles. The summed E-state index contributed by atoms with van der Waals surface area (Å²) in [6, 6.07) is 8.45. The number of amides is 1. The van der Waals surface area contributed by atoms with Crippen LogP contribution in [0.5, 0.6) is 0 Å². The van der Waals surface area contributed by atoms with Crippen LogP contribution >= 0.6 is 0 Å². The Bertz CT molecular complexity index is 730. The molecule has 0 saturated heterocycles.